The fourth-order valence-corrected chi connectivity index (χ4v) is 3.47. The van der Waals surface area contributed by atoms with Crippen molar-refractivity contribution < 1.29 is 9.53 Å². The molecule has 1 heterocycles. The minimum Gasteiger partial charge on any atom is -0.496 e. The van der Waals surface area contributed by atoms with Gasteiger partial charge in [-0.05, 0) is 31.9 Å². The molecule has 1 saturated carbocycles. The van der Waals surface area contributed by atoms with Crippen LogP contribution in [0.2, 0.25) is 0 Å². The molecule has 0 bridgehead atoms. The summed E-state index contributed by atoms with van der Waals surface area (Å²) in [6.07, 6.45) is 6.98. The maximum absolute atomic E-state index is 12.7. The Morgan fingerprint density at radius 3 is 2.63 bits per heavy atom. The molecule has 0 atom stereocenters. The molecule has 1 aliphatic rings. The van der Waals surface area contributed by atoms with Gasteiger partial charge in [0.05, 0.1) is 7.11 Å². The molecule has 27 heavy (non-hydrogen) atoms. The summed E-state index contributed by atoms with van der Waals surface area (Å²) < 4.78 is 5.37. The van der Waals surface area contributed by atoms with Crippen LogP contribution in [0.3, 0.4) is 0 Å². The summed E-state index contributed by atoms with van der Waals surface area (Å²) >= 11 is 0. The molecule has 3 rings (SSSR count). The first kappa shape index (κ1) is 19.1. The number of carbonyl (C=O) groups is 1. The number of anilines is 1. The number of nitrogens with one attached hydrogen (secondary N) is 2. The lowest BCUT2D eigenvalue weighted by molar-refractivity contribution is 0.0928. The van der Waals surface area contributed by atoms with E-state index in [1.807, 2.05) is 31.2 Å². The van der Waals surface area contributed by atoms with Crippen LogP contribution in [0.25, 0.3) is 0 Å². The second-order valence-corrected chi connectivity index (χ2v) is 7.05. The minimum atomic E-state index is -0.118. The third kappa shape index (κ3) is 5.42. The summed E-state index contributed by atoms with van der Waals surface area (Å²) in [5, 5.41) is 6.35. The summed E-state index contributed by atoms with van der Waals surface area (Å²) in [5.41, 5.74) is 2.18. The third-order valence-corrected chi connectivity index (χ3v) is 4.91. The summed E-state index contributed by atoms with van der Waals surface area (Å²) in [7, 11) is 1.65. The van der Waals surface area contributed by atoms with E-state index in [4.69, 9.17) is 4.74 Å². The van der Waals surface area contributed by atoms with Crippen molar-refractivity contribution in [2.45, 2.75) is 58.0 Å². The maximum atomic E-state index is 12.7. The van der Waals surface area contributed by atoms with Gasteiger partial charge in [-0.1, -0.05) is 43.9 Å². The largest absolute Gasteiger partial charge is 0.496 e. The summed E-state index contributed by atoms with van der Waals surface area (Å²) in [6, 6.07) is 9.78. The average Bonchev–Trinajstić information content (AvgIpc) is 2.95. The van der Waals surface area contributed by atoms with Gasteiger partial charge >= 0.3 is 0 Å². The molecule has 6 nitrogen and oxygen atoms in total. The van der Waals surface area contributed by atoms with Crippen LogP contribution in [0.15, 0.2) is 30.3 Å². The Hall–Kier alpha value is -2.63. The Balaban J connectivity index is 1.67. The Morgan fingerprint density at radius 2 is 1.89 bits per heavy atom. The molecule has 6 heteroatoms. The molecule has 144 valence electrons. The molecular weight excluding hydrogens is 340 g/mol. The van der Waals surface area contributed by atoms with Crippen molar-refractivity contribution in [1.82, 2.24) is 15.3 Å². The molecule has 2 N–H and O–H groups in total. The van der Waals surface area contributed by atoms with Gasteiger partial charge in [-0.2, -0.15) is 0 Å². The van der Waals surface area contributed by atoms with Gasteiger partial charge in [-0.25, -0.2) is 9.97 Å². The van der Waals surface area contributed by atoms with Gasteiger partial charge in [0.25, 0.3) is 5.91 Å². The molecule has 2 aromatic rings. The van der Waals surface area contributed by atoms with Crippen molar-refractivity contribution in [2.24, 2.45) is 0 Å². The molecule has 1 aromatic carbocycles. The summed E-state index contributed by atoms with van der Waals surface area (Å²) in [4.78, 5) is 21.5. The number of aryl methyl sites for hydroxylation is 1. The number of nitrogens with zero attached hydrogens (tertiary/aromatic N) is 2. The number of aromatic nitrogens is 2. The average molecular weight is 368 g/mol. The number of rotatable bonds is 6. The Labute approximate surface area is 160 Å². The Morgan fingerprint density at radius 1 is 1.15 bits per heavy atom. The fraction of sp³-hybridized carbons (Fsp3) is 0.476. The highest BCUT2D eigenvalue weighted by Crippen LogP contribution is 2.19. The zero-order valence-electron chi connectivity index (χ0n) is 16.1. The van der Waals surface area contributed by atoms with Crippen molar-refractivity contribution >= 4 is 11.9 Å². The molecule has 1 aliphatic carbocycles. The van der Waals surface area contributed by atoms with Gasteiger partial charge in [0.2, 0.25) is 5.95 Å². The lowest BCUT2D eigenvalue weighted by Crippen LogP contribution is -2.35. The van der Waals surface area contributed by atoms with Crippen molar-refractivity contribution in [1.29, 1.82) is 0 Å². The van der Waals surface area contributed by atoms with E-state index >= 15 is 0 Å². The smallest absolute Gasteiger partial charge is 0.270 e. The Bertz CT molecular complexity index is 771. The van der Waals surface area contributed by atoms with Crippen molar-refractivity contribution in [3.63, 3.8) is 0 Å². The van der Waals surface area contributed by atoms with E-state index in [2.05, 4.69) is 20.6 Å². The molecule has 0 saturated heterocycles. The van der Waals surface area contributed by atoms with E-state index in [1.165, 1.54) is 25.7 Å². The molecule has 1 aromatic heterocycles. The van der Waals surface area contributed by atoms with Crippen molar-refractivity contribution in [3.8, 4) is 5.75 Å². The van der Waals surface area contributed by atoms with Crippen molar-refractivity contribution in [2.75, 3.05) is 12.4 Å². The number of para-hydroxylation sites is 1. The molecule has 0 unspecified atom stereocenters. The zero-order valence-corrected chi connectivity index (χ0v) is 16.1. The first-order valence-electron chi connectivity index (χ1n) is 9.68. The second kappa shape index (κ2) is 9.35. The highest BCUT2D eigenvalue weighted by Gasteiger charge is 2.17. The number of hydrogen-bond donors (Lipinski definition) is 2. The van der Waals surface area contributed by atoms with Gasteiger partial charge in [-0.3, -0.25) is 4.79 Å². The molecular formula is C21H28N4O2. The standard InChI is InChI=1S/C21H28N4O2/c1-15-13-18(20(26)24-17-10-5-3-4-6-11-17)25-21(23-15)22-14-16-9-7-8-12-19(16)27-2/h7-9,12-13,17H,3-6,10-11,14H2,1-2H3,(H,24,26)(H,22,23,25). The molecule has 0 radical (unpaired) electrons. The zero-order chi connectivity index (χ0) is 19.1. The fourth-order valence-electron chi connectivity index (χ4n) is 3.47. The Kier molecular flexibility index (Phi) is 6.63. The number of carbonyl (C=O) groups excluding carboxylic acids is 1. The highest BCUT2D eigenvalue weighted by atomic mass is 16.5. The number of ether oxygens (including phenoxy) is 1. The van der Waals surface area contributed by atoms with Crippen LogP contribution in [-0.2, 0) is 6.54 Å². The van der Waals surface area contributed by atoms with Crippen LogP contribution in [0.4, 0.5) is 5.95 Å². The predicted octanol–water partition coefficient (Wildman–Crippen LogP) is 3.86. The SMILES string of the molecule is COc1ccccc1CNc1nc(C)cc(C(=O)NC2CCCCCC2)n1. The van der Waals surface area contributed by atoms with Crippen LogP contribution in [0.5, 0.6) is 5.75 Å². The van der Waals surface area contributed by atoms with Crippen LogP contribution in [-0.4, -0.2) is 29.0 Å². The summed E-state index contributed by atoms with van der Waals surface area (Å²) in [6.45, 7) is 2.40. The normalized spacial score (nSPS) is 15.0. The highest BCUT2D eigenvalue weighted by molar-refractivity contribution is 5.92. The van der Waals surface area contributed by atoms with E-state index in [1.54, 1.807) is 13.2 Å². The second-order valence-electron chi connectivity index (χ2n) is 7.05. The van der Waals surface area contributed by atoms with Gasteiger partial charge in [0, 0.05) is 23.8 Å². The van der Waals surface area contributed by atoms with Gasteiger partial charge in [0.15, 0.2) is 0 Å². The van der Waals surface area contributed by atoms with Gasteiger partial charge in [-0.15, -0.1) is 0 Å². The maximum Gasteiger partial charge on any atom is 0.270 e. The van der Waals surface area contributed by atoms with Crippen LogP contribution in [0, 0.1) is 6.92 Å². The predicted molar refractivity (Wildman–Crippen MR) is 106 cm³/mol. The van der Waals surface area contributed by atoms with E-state index in [9.17, 15) is 4.79 Å². The minimum absolute atomic E-state index is 0.118. The molecule has 1 fully saturated rings. The number of methoxy groups -OCH3 is 1. The number of hydrogen-bond acceptors (Lipinski definition) is 5. The van der Waals surface area contributed by atoms with Gasteiger partial charge in [0.1, 0.15) is 11.4 Å². The monoisotopic (exact) mass is 368 g/mol. The van der Waals surface area contributed by atoms with E-state index in [0.29, 0.717) is 18.2 Å². The molecule has 0 spiro atoms. The number of amides is 1. The lowest BCUT2D eigenvalue weighted by Gasteiger charge is -2.16. The van der Waals surface area contributed by atoms with Gasteiger partial charge < -0.3 is 15.4 Å². The third-order valence-electron chi connectivity index (χ3n) is 4.91. The van der Waals surface area contributed by atoms with Crippen molar-refractivity contribution in [3.05, 3.63) is 47.3 Å². The van der Waals surface area contributed by atoms with E-state index < -0.39 is 0 Å². The first-order chi connectivity index (χ1) is 13.2. The topological polar surface area (TPSA) is 76.1 Å². The van der Waals surface area contributed by atoms with Crippen LogP contribution < -0.4 is 15.4 Å². The van der Waals surface area contributed by atoms with E-state index in [0.717, 1.165) is 29.8 Å². The van der Waals surface area contributed by atoms with E-state index in [-0.39, 0.29) is 11.9 Å². The number of benzene rings is 1. The molecule has 1 amide bonds. The first-order valence-corrected chi connectivity index (χ1v) is 9.68. The van der Waals surface area contributed by atoms with Crippen LogP contribution >= 0.6 is 0 Å². The summed E-state index contributed by atoms with van der Waals surface area (Å²) in [5.74, 6) is 1.14. The van der Waals surface area contributed by atoms with Crippen LogP contribution in [0.1, 0.15) is 60.3 Å². The quantitative estimate of drug-likeness (QED) is 0.757. The molecule has 0 aliphatic heterocycles. The lowest BCUT2D eigenvalue weighted by atomic mass is 10.1.